The number of aryl methyl sites for hydroxylation is 1. The second-order valence-electron chi connectivity index (χ2n) is 7.56. The Morgan fingerprint density at radius 2 is 1.67 bits per heavy atom. The maximum atomic E-state index is 13.2. The van der Waals surface area contributed by atoms with E-state index in [4.69, 9.17) is 11.6 Å². The normalized spacial score (nSPS) is 15.8. The number of aliphatic hydroxyl groups excluding tert-OH is 1. The van der Waals surface area contributed by atoms with Crippen LogP contribution in [0.2, 0.25) is 5.02 Å². The second-order valence-corrected chi connectivity index (χ2v) is 7.99. The van der Waals surface area contributed by atoms with E-state index < -0.39 is 0 Å². The molecule has 1 aliphatic heterocycles. The minimum atomic E-state index is -0.266. The van der Waals surface area contributed by atoms with Crippen LogP contribution in [0, 0.1) is 0 Å². The van der Waals surface area contributed by atoms with Gasteiger partial charge < -0.3 is 14.6 Å². The number of rotatable bonds is 4. The Balaban J connectivity index is 1.85. The number of aliphatic hydroxyl groups is 1. The van der Waals surface area contributed by atoms with Crippen LogP contribution in [0.25, 0.3) is 22.2 Å². The molecule has 1 aromatic heterocycles. The van der Waals surface area contributed by atoms with Gasteiger partial charge in [0.05, 0.1) is 18.3 Å². The van der Waals surface area contributed by atoms with E-state index in [9.17, 15) is 9.90 Å². The van der Waals surface area contributed by atoms with Gasteiger partial charge in [0.2, 0.25) is 0 Å². The summed E-state index contributed by atoms with van der Waals surface area (Å²) in [4.78, 5) is 15.0. The maximum absolute atomic E-state index is 13.2. The van der Waals surface area contributed by atoms with Crippen molar-refractivity contribution in [3.63, 3.8) is 0 Å². The molecule has 150 valence electrons. The topological polar surface area (TPSA) is 45.5 Å². The van der Waals surface area contributed by atoms with Crippen LogP contribution in [0.3, 0.4) is 0 Å². The van der Waals surface area contributed by atoms with Gasteiger partial charge in [-0.1, -0.05) is 60.1 Å². The molecule has 0 unspecified atom stereocenters. The molecule has 30 heavy (non-hydrogen) atoms. The Hall–Kier alpha value is -3.08. The summed E-state index contributed by atoms with van der Waals surface area (Å²) in [5.41, 5.74) is 5.92. The molecule has 5 heteroatoms. The number of nitrogens with zero attached hydrogens (tertiary/aromatic N) is 2. The van der Waals surface area contributed by atoms with Crippen LogP contribution >= 0.6 is 11.6 Å². The first-order valence-electron chi connectivity index (χ1n) is 9.96. The van der Waals surface area contributed by atoms with Crippen molar-refractivity contribution >= 4 is 28.4 Å². The van der Waals surface area contributed by atoms with E-state index in [1.807, 2.05) is 60.7 Å². The van der Waals surface area contributed by atoms with E-state index in [1.54, 1.807) is 4.90 Å². The van der Waals surface area contributed by atoms with Crippen molar-refractivity contribution in [3.8, 4) is 11.3 Å². The number of aromatic nitrogens is 1. The largest absolute Gasteiger partial charge is 0.395 e. The number of hydrogen-bond acceptors (Lipinski definition) is 2. The minimum absolute atomic E-state index is 0.0420. The molecule has 5 rings (SSSR count). The fourth-order valence-electron chi connectivity index (χ4n) is 4.68. The van der Waals surface area contributed by atoms with Crippen molar-refractivity contribution in [2.24, 2.45) is 7.05 Å². The van der Waals surface area contributed by atoms with E-state index in [0.29, 0.717) is 10.6 Å². The third kappa shape index (κ3) is 2.76. The highest BCUT2D eigenvalue weighted by Crippen LogP contribution is 2.46. The first kappa shape index (κ1) is 18.9. The lowest BCUT2D eigenvalue weighted by atomic mass is 9.93. The van der Waals surface area contributed by atoms with Crippen molar-refractivity contribution in [2.75, 3.05) is 13.2 Å². The zero-order chi connectivity index (χ0) is 20.8. The monoisotopic (exact) mass is 416 g/mol. The van der Waals surface area contributed by atoms with Gasteiger partial charge in [-0.05, 0) is 35.4 Å². The van der Waals surface area contributed by atoms with Crippen molar-refractivity contribution in [3.05, 3.63) is 94.5 Å². The van der Waals surface area contributed by atoms with Gasteiger partial charge in [-0.2, -0.15) is 0 Å². The van der Waals surface area contributed by atoms with Gasteiger partial charge >= 0.3 is 0 Å². The summed E-state index contributed by atoms with van der Waals surface area (Å²) in [7, 11) is 2.05. The van der Waals surface area contributed by atoms with Crippen LogP contribution in [-0.4, -0.2) is 33.6 Å². The van der Waals surface area contributed by atoms with Crippen LogP contribution in [0.1, 0.15) is 27.5 Å². The molecule has 0 bridgehead atoms. The fourth-order valence-corrected chi connectivity index (χ4v) is 4.80. The highest BCUT2D eigenvalue weighted by molar-refractivity contribution is 6.30. The molecule has 0 spiro atoms. The molecule has 1 aliphatic rings. The van der Waals surface area contributed by atoms with E-state index in [1.165, 1.54) is 0 Å². The number of β-amino-alcohol motifs (C(OH)–C–C–N with tert-alkyl or cyclic N) is 1. The molecule has 4 nitrogen and oxygen atoms in total. The number of carbonyl (C=O) groups excluding carboxylic acids is 1. The number of halogens is 1. The van der Waals surface area contributed by atoms with E-state index in [2.05, 4.69) is 23.7 Å². The number of benzene rings is 3. The number of hydrogen-bond donors (Lipinski definition) is 1. The lowest BCUT2D eigenvalue weighted by Gasteiger charge is -2.26. The zero-order valence-corrected chi connectivity index (χ0v) is 17.3. The van der Waals surface area contributed by atoms with Crippen molar-refractivity contribution in [1.82, 2.24) is 9.47 Å². The average Bonchev–Trinajstić information content (AvgIpc) is 3.21. The van der Waals surface area contributed by atoms with Gasteiger partial charge in [0.1, 0.15) is 0 Å². The Morgan fingerprint density at radius 3 is 2.43 bits per heavy atom. The van der Waals surface area contributed by atoms with Gasteiger partial charge in [0.25, 0.3) is 5.91 Å². The highest BCUT2D eigenvalue weighted by atomic mass is 35.5. The highest BCUT2D eigenvalue weighted by Gasteiger charge is 2.40. The molecular weight excluding hydrogens is 396 g/mol. The number of carbonyl (C=O) groups is 1. The Morgan fingerprint density at radius 1 is 0.967 bits per heavy atom. The zero-order valence-electron chi connectivity index (χ0n) is 16.5. The van der Waals surface area contributed by atoms with Gasteiger partial charge in [-0.25, -0.2) is 0 Å². The molecule has 2 heterocycles. The second kappa shape index (κ2) is 7.31. The maximum Gasteiger partial charge on any atom is 0.255 e. The molecule has 0 fully saturated rings. The number of para-hydroxylation sites is 1. The summed E-state index contributed by atoms with van der Waals surface area (Å²) in [5.74, 6) is -0.0420. The summed E-state index contributed by atoms with van der Waals surface area (Å²) < 4.78 is 2.18. The first-order chi connectivity index (χ1) is 14.6. The fraction of sp³-hybridized carbons (Fsp3) is 0.160. The quantitative estimate of drug-likeness (QED) is 0.506. The number of amides is 1. The molecule has 0 aliphatic carbocycles. The van der Waals surface area contributed by atoms with Crippen molar-refractivity contribution < 1.29 is 9.90 Å². The molecular formula is C25H21ClN2O2. The average molecular weight is 417 g/mol. The molecule has 4 aromatic rings. The summed E-state index contributed by atoms with van der Waals surface area (Å²) in [6.07, 6.45) is 0. The van der Waals surface area contributed by atoms with Gasteiger partial charge in [0.15, 0.2) is 0 Å². The summed E-state index contributed by atoms with van der Waals surface area (Å²) >= 11 is 6.15. The smallest absolute Gasteiger partial charge is 0.255 e. The molecule has 1 amide bonds. The van der Waals surface area contributed by atoms with Gasteiger partial charge in [0, 0.05) is 40.6 Å². The molecule has 0 radical (unpaired) electrons. The van der Waals surface area contributed by atoms with Gasteiger partial charge in [-0.3, -0.25) is 4.79 Å². The van der Waals surface area contributed by atoms with E-state index >= 15 is 0 Å². The van der Waals surface area contributed by atoms with E-state index in [-0.39, 0.29) is 25.1 Å². The lowest BCUT2D eigenvalue weighted by molar-refractivity contribution is 0.0713. The summed E-state index contributed by atoms with van der Waals surface area (Å²) in [6, 6.07) is 23.5. The minimum Gasteiger partial charge on any atom is -0.395 e. The van der Waals surface area contributed by atoms with E-state index in [0.717, 1.165) is 33.3 Å². The molecule has 3 aromatic carbocycles. The lowest BCUT2D eigenvalue weighted by Crippen LogP contribution is -2.31. The van der Waals surface area contributed by atoms with Crippen molar-refractivity contribution in [1.29, 1.82) is 0 Å². The third-order valence-electron chi connectivity index (χ3n) is 5.94. The molecule has 1 N–H and O–H groups in total. The van der Waals surface area contributed by atoms with Crippen molar-refractivity contribution in [2.45, 2.75) is 6.04 Å². The van der Waals surface area contributed by atoms with Crippen LogP contribution in [-0.2, 0) is 7.05 Å². The predicted octanol–water partition coefficient (Wildman–Crippen LogP) is 5.04. The summed E-state index contributed by atoms with van der Waals surface area (Å²) in [5, 5.41) is 11.5. The Labute approximate surface area is 179 Å². The first-order valence-corrected chi connectivity index (χ1v) is 10.3. The molecule has 1 atom stereocenters. The van der Waals surface area contributed by atoms with Crippen LogP contribution in [0.4, 0.5) is 0 Å². The number of fused-ring (bicyclic) bond motifs is 2. The van der Waals surface area contributed by atoms with Crippen LogP contribution < -0.4 is 0 Å². The molecule has 0 saturated carbocycles. The third-order valence-corrected chi connectivity index (χ3v) is 6.19. The van der Waals surface area contributed by atoms with Gasteiger partial charge in [-0.15, -0.1) is 0 Å². The van der Waals surface area contributed by atoms with Crippen LogP contribution in [0.5, 0.6) is 0 Å². The predicted molar refractivity (Wildman–Crippen MR) is 120 cm³/mol. The van der Waals surface area contributed by atoms with Crippen LogP contribution in [0.15, 0.2) is 72.8 Å². The SMILES string of the molecule is Cn1c(-c2ccc(Cl)cc2)c([C@H]2c3ccccc3C(=O)N2CCO)c2ccccc21. The standard InChI is InChI=1S/C25H21ClN2O2/c1-27-21-9-5-4-8-20(21)22(23(27)16-10-12-17(26)13-11-16)24-18-6-2-3-7-19(18)25(30)28(24)14-15-29/h2-13,24,29H,14-15H2,1H3/t24-/m1/s1. The Kier molecular flexibility index (Phi) is 4.61. The molecule has 0 saturated heterocycles. The summed E-state index contributed by atoms with van der Waals surface area (Å²) in [6.45, 7) is 0.193. The Bertz CT molecular complexity index is 1260.